The van der Waals surface area contributed by atoms with Crippen LogP contribution in [0.25, 0.3) is 0 Å². The predicted octanol–water partition coefficient (Wildman–Crippen LogP) is 1.60. The Balaban J connectivity index is 2.86. The molecule has 1 atom stereocenters. The first-order valence-corrected chi connectivity index (χ1v) is 5.74. The minimum Gasteiger partial charge on any atom is -0.481 e. The number of carbonyl (C=O) groups is 2. The molecule has 0 fully saturated rings. The second-order valence-electron chi connectivity index (χ2n) is 3.94. The Kier molecular flexibility index (Phi) is 4.71. The minimum absolute atomic E-state index is 0.138. The highest BCUT2D eigenvalue weighted by Crippen LogP contribution is 2.21. The maximum atomic E-state index is 11.5. The van der Waals surface area contributed by atoms with Gasteiger partial charge in [-0.2, -0.15) is 0 Å². The predicted molar refractivity (Wildman–Crippen MR) is 66.9 cm³/mol. The second-order valence-corrected chi connectivity index (χ2v) is 3.94. The summed E-state index contributed by atoms with van der Waals surface area (Å²) in [5.41, 5.74) is 0.926. The summed E-state index contributed by atoms with van der Waals surface area (Å²) in [6.45, 7) is 5.77. The molecular formula is C13H17NO4. The van der Waals surface area contributed by atoms with E-state index in [0.717, 1.165) is 5.56 Å². The fraction of sp³-hybridized carbons (Fsp3) is 0.385. The molecule has 0 heterocycles. The highest BCUT2D eigenvalue weighted by Gasteiger charge is 2.15. The number of rotatable bonds is 5. The highest BCUT2D eigenvalue weighted by molar-refractivity contribution is 5.88. The summed E-state index contributed by atoms with van der Waals surface area (Å²) in [4.78, 5) is 22.4. The van der Waals surface area contributed by atoms with Gasteiger partial charge in [0.2, 0.25) is 0 Å². The first kappa shape index (κ1) is 14.0. The molecule has 1 rings (SSSR count). The highest BCUT2D eigenvalue weighted by atomic mass is 16.5. The lowest BCUT2D eigenvalue weighted by Gasteiger charge is -2.16. The van der Waals surface area contributed by atoms with Gasteiger partial charge in [-0.15, -0.1) is 0 Å². The molecule has 0 saturated carbocycles. The van der Waals surface area contributed by atoms with Gasteiger partial charge in [0.25, 0.3) is 5.91 Å². The molecule has 5 nitrogen and oxygen atoms in total. The first-order chi connectivity index (χ1) is 8.45. The van der Waals surface area contributed by atoms with Crippen molar-refractivity contribution in [2.24, 2.45) is 0 Å². The molecular weight excluding hydrogens is 234 g/mol. The molecule has 0 aliphatic rings. The summed E-state index contributed by atoms with van der Waals surface area (Å²) in [5.74, 6) is -0.836. The van der Waals surface area contributed by atoms with Crippen LogP contribution < -0.4 is 10.1 Å². The Hall–Kier alpha value is -2.04. The second kappa shape index (κ2) is 6.05. The molecule has 0 aliphatic carbocycles. The zero-order valence-electron chi connectivity index (χ0n) is 10.7. The van der Waals surface area contributed by atoms with Crippen LogP contribution in [0.1, 0.15) is 29.8 Å². The van der Waals surface area contributed by atoms with E-state index in [9.17, 15) is 9.59 Å². The Morgan fingerprint density at radius 2 is 2.11 bits per heavy atom. The van der Waals surface area contributed by atoms with Gasteiger partial charge in [-0.3, -0.25) is 4.79 Å². The van der Waals surface area contributed by atoms with Gasteiger partial charge in [-0.05, 0) is 38.5 Å². The van der Waals surface area contributed by atoms with E-state index in [-0.39, 0.29) is 11.5 Å². The summed E-state index contributed by atoms with van der Waals surface area (Å²) in [5, 5.41) is 11.5. The van der Waals surface area contributed by atoms with Crippen LogP contribution in [-0.2, 0) is 4.79 Å². The molecule has 0 bridgehead atoms. The minimum atomic E-state index is -1.02. The molecule has 1 aromatic rings. The van der Waals surface area contributed by atoms with E-state index in [2.05, 4.69) is 5.32 Å². The van der Waals surface area contributed by atoms with Gasteiger partial charge in [0, 0.05) is 6.54 Å². The molecule has 0 aliphatic heterocycles. The maximum Gasteiger partial charge on any atom is 0.335 e. The average Bonchev–Trinajstić information content (AvgIpc) is 2.31. The molecule has 1 unspecified atom stereocenters. The molecule has 2 N–H and O–H groups in total. The number of carboxylic acid groups (broad SMARTS) is 1. The molecule has 1 amide bonds. The van der Waals surface area contributed by atoms with Crippen molar-refractivity contribution in [1.29, 1.82) is 0 Å². The van der Waals surface area contributed by atoms with Crippen molar-refractivity contribution in [3.05, 3.63) is 29.3 Å². The average molecular weight is 251 g/mol. The van der Waals surface area contributed by atoms with E-state index in [1.807, 2.05) is 6.92 Å². The molecule has 1 aromatic carbocycles. The van der Waals surface area contributed by atoms with Crippen LogP contribution in [-0.4, -0.2) is 29.6 Å². The van der Waals surface area contributed by atoms with Gasteiger partial charge in [-0.25, -0.2) is 4.79 Å². The third-order valence-corrected chi connectivity index (χ3v) is 2.46. The maximum absolute atomic E-state index is 11.5. The van der Waals surface area contributed by atoms with E-state index in [1.54, 1.807) is 19.9 Å². The van der Waals surface area contributed by atoms with Crippen LogP contribution in [0.5, 0.6) is 5.75 Å². The summed E-state index contributed by atoms with van der Waals surface area (Å²) in [6, 6.07) is 4.58. The lowest BCUT2D eigenvalue weighted by molar-refractivity contribution is -0.127. The number of carboxylic acids is 1. The zero-order chi connectivity index (χ0) is 13.7. The number of hydrogen-bond acceptors (Lipinski definition) is 3. The molecule has 0 aromatic heterocycles. The lowest BCUT2D eigenvalue weighted by Crippen LogP contribution is -2.36. The van der Waals surface area contributed by atoms with Crippen LogP contribution in [0.15, 0.2) is 18.2 Å². The number of aryl methyl sites for hydroxylation is 1. The fourth-order valence-corrected chi connectivity index (χ4v) is 1.42. The Morgan fingerprint density at radius 1 is 1.44 bits per heavy atom. The normalized spacial score (nSPS) is 11.7. The molecule has 18 heavy (non-hydrogen) atoms. The number of aromatic carboxylic acids is 1. The molecule has 0 radical (unpaired) electrons. The van der Waals surface area contributed by atoms with E-state index >= 15 is 0 Å². The first-order valence-electron chi connectivity index (χ1n) is 5.74. The van der Waals surface area contributed by atoms with Crippen molar-refractivity contribution < 1.29 is 19.4 Å². The molecule has 98 valence electrons. The van der Waals surface area contributed by atoms with Gasteiger partial charge >= 0.3 is 5.97 Å². The number of carbonyl (C=O) groups excluding carboxylic acids is 1. The summed E-state index contributed by atoms with van der Waals surface area (Å²) in [7, 11) is 0. The molecule has 0 spiro atoms. The SMILES string of the molecule is CCNC(=O)C(C)Oc1cc(C(=O)O)ccc1C. The van der Waals surface area contributed by atoms with Gasteiger partial charge < -0.3 is 15.2 Å². The van der Waals surface area contributed by atoms with Crippen LogP contribution in [0.3, 0.4) is 0 Å². The summed E-state index contributed by atoms with van der Waals surface area (Å²) >= 11 is 0. The molecule has 5 heteroatoms. The monoisotopic (exact) mass is 251 g/mol. The lowest BCUT2D eigenvalue weighted by atomic mass is 10.1. The molecule has 0 saturated heterocycles. The third kappa shape index (κ3) is 3.48. The van der Waals surface area contributed by atoms with Crippen molar-refractivity contribution in [1.82, 2.24) is 5.32 Å². The van der Waals surface area contributed by atoms with E-state index < -0.39 is 12.1 Å². The standard InChI is InChI=1S/C13H17NO4/c1-4-14-12(15)9(3)18-11-7-10(13(16)17)6-5-8(11)2/h5-7,9H,4H2,1-3H3,(H,14,15)(H,16,17). The number of likely N-dealkylation sites (N-methyl/N-ethyl adjacent to an activating group) is 1. The quantitative estimate of drug-likeness (QED) is 0.833. The topological polar surface area (TPSA) is 75.6 Å². The van der Waals surface area contributed by atoms with Crippen molar-refractivity contribution in [3.8, 4) is 5.75 Å². The van der Waals surface area contributed by atoms with Gasteiger partial charge in [-0.1, -0.05) is 6.07 Å². The van der Waals surface area contributed by atoms with E-state index in [1.165, 1.54) is 12.1 Å². The fourth-order valence-electron chi connectivity index (χ4n) is 1.42. The zero-order valence-corrected chi connectivity index (χ0v) is 10.7. The Morgan fingerprint density at radius 3 is 2.67 bits per heavy atom. The largest absolute Gasteiger partial charge is 0.481 e. The van der Waals surface area contributed by atoms with E-state index in [0.29, 0.717) is 12.3 Å². The van der Waals surface area contributed by atoms with Crippen LogP contribution >= 0.6 is 0 Å². The van der Waals surface area contributed by atoms with Crippen molar-refractivity contribution in [2.45, 2.75) is 26.9 Å². The van der Waals surface area contributed by atoms with Crippen LogP contribution in [0.2, 0.25) is 0 Å². The van der Waals surface area contributed by atoms with Crippen molar-refractivity contribution >= 4 is 11.9 Å². The number of benzene rings is 1. The Labute approximate surface area is 106 Å². The van der Waals surface area contributed by atoms with Gasteiger partial charge in [0.1, 0.15) is 5.75 Å². The number of amides is 1. The smallest absolute Gasteiger partial charge is 0.335 e. The summed E-state index contributed by atoms with van der Waals surface area (Å²) in [6.07, 6.45) is -0.660. The Bertz CT molecular complexity index is 456. The van der Waals surface area contributed by atoms with Crippen molar-refractivity contribution in [3.63, 3.8) is 0 Å². The number of hydrogen-bond donors (Lipinski definition) is 2. The van der Waals surface area contributed by atoms with Crippen LogP contribution in [0, 0.1) is 6.92 Å². The number of nitrogens with one attached hydrogen (secondary N) is 1. The van der Waals surface area contributed by atoms with E-state index in [4.69, 9.17) is 9.84 Å². The van der Waals surface area contributed by atoms with Crippen molar-refractivity contribution in [2.75, 3.05) is 6.54 Å². The van der Waals surface area contributed by atoms with Crippen LogP contribution in [0.4, 0.5) is 0 Å². The summed E-state index contributed by atoms with van der Waals surface area (Å²) < 4.78 is 5.47. The van der Waals surface area contributed by atoms with Gasteiger partial charge in [0.05, 0.1) is 5.56 Å². The van der Waals surface area contributed by atoms with Gasteiger partial charge in [0.15, 0.2) is 6.10 Å². The third-order valence-electron chi connectivity index (χ3n) is 2.46. The number of ether oxygens (including phenoxy) is 1.